The first-order valence-corrected chi connectivity index (χ1v) is 15.5. The molecule has 5 aromatic rings. The number of ketones is 1. The van der Waals surface area contributed by atoms with Gasteiger partial charge in [-0.15, -0.1) is 0 Å². The van der Waals surface area contributed by atoms with Crippen LogP contribution in [0.1, 0.15) is 47.3 Å². The normalized spacial score (nSPS) is 11.9. The number of hydrogen-bond acceptors (Lipinski definition) is 5. The molecular formula is C35H33NO4S. The number of aryl methyl sites for hydroxylation is 1. The largest absolute Gasteiger partial charge is 0.488 e. The van der Waals surface area contributed by atoms with Crippen molar-refractivity contribution in [3.05, 3.63) is 132 Å². The number of aromatic nitrogens is 1. The molecule has 0 radical (unpaired) electrons. The van der Waals surface area contributed by atoms with Gasteiger partial charge in [-0.25, -0.2) is 8.42 Å². The van der Waals surface area contributed by atoms with Crippen molar-refractivity contribution in [2.24, 2.45) is 0 Å². The molecular weight excluding hydrogens is 530 g/mol. The molecule has 208 valence electrons. The van der Waals surface area contributed by atoms with Gasteiger partial charge in [0.15, 0.2) is 15.6 Å². The number of ether oxygens (including phenoxy) is 1. The van der Waals surface area contributed by atoms with E-state index in [4.69, 9.17) is 4.74 Å². The van der Waals surface area contributed by atoms with E-state index in [-0.39, 0.29) is 12.4 Å². The summed E-state index contributed by atoms with van der Waals surface area (Å²) in [6, 6.07) is 32.9. The number of nitrogens with zero attached hydrogens (tertiary/aromatic N) is 1. The molecule has 0 aliphatic heterocycles. The number of benzene rings is 4. The molecule has 1 aromatic heterocycles. The number of sulfone groups is 1. The van der Waals surface area contributed by atoms with Crippen LogP contribution in [0.15, 0.2) is 109 Å². The number of fused-ring (bicyclic) bond motifs is 1. The van der Waals surface area contributed by atoms with Crippen LogP contribution in [-0.2, 0) is 27.6 Å². The highest BCUT2D eigenvalue weighted by Crippen LogP contribution is 2.36. The Kier molecular flexibility index (Phi) is 8.04. The number of Topliss-reactive ketones (excluding diaryl/α,β-unsaturated/α-hetero) is 1. The van der Waals surface area contributed by atoms with Gasteiger partial charge in [-0.3, -0.25) is 9.78 Å². The van der Waals surface area contributed by atoms with Crippen LogP contribution in [0.5, 0.6) is 5.75 Å². The summed E-state index contributed by atoms with van der Waals surface area (Å²) in [5.41, 5.74) is 5.90. The Morgan fingerprint density at radius 2 is 1.56 bits per heavy atom. The zero-order valence-corrected chi connectivity index (χ0v) is 24.3. The van der Waals surface area contributed by atoms with E-state index in [1.807, 2.05) is 103 Å². The van der Waals surface area contributed by atoms with Crippen LogP contribution in [0.3, 0.4) is 0 Å². The Bertz CT molecular complexity index is 1810. The molecule has 0 saturated carbocycles. The summed E-state index contributed by atoms with van der Waals surface area (Å²) in [5.74, 6) is 0.598. The second kappa shape index (κ2) is 11.7. The zero-order chi connectivity index (χ0) is 29.0. The average Bonchev–Trinajstić information content (AvgIpc) is 2.98. The lowest BCUT2D eigenvalue weighted by Crippen LogP contribution is -2.28. The topological polar surface area (TPSA) is 73.3 Å². The first-order valence-electron chi connectivity index (χ1n) is 13.6. The molecule has 0 N–H and O–H groups in total. The lowest BCUT2D eigenvalue weighted by atomic mass is 9.93. The Morgan fingerprint density at radius 1 is 0.829 bits per heavy atom. The molecule has 0 amide bonds. The van der Waals surface area contributed by atoms with Crippen LogP contribution in [0.25, 0.3) is 22.0 Å². The second-order valence-electron chi connectivity index (χ2n) is 10.8. The summed E-state index contributed by atoms with van der Waals surface area (Å²) in [6.45, 7) is 3.73. The highest BCUT2D eigenvalue weighted by atomic mass is 32.2. The van der Waals surface area contributed by atoms with Crippen molar-refractivity contribution in [1.29, 1.82) is 0 Å². The van der Waals surface area contributed by atoms with E-state index in [0.717, 1.165) is 33.2 Å². The van der Waals surface area contributed by atoms with Crippen molar-refractivity contribution < 1.29 is 17.9 Å². The number of para-hydroxylation sites is 1. The first kappa shape index (κ1) is 28.2. The summed E-state index contributed by atoms with van der Waals surface area (Å²) < 4.78 is 30.4. The zero-order valence-electron chi connectivity index (χ0n) is 23.5. The summed E-state index contributed by atoms with van der Waals surface area (Å²) in [4.78, 5) is 17.7. The first-order chi connectivity index (χ1) is 19.6. The van der Waals surface area contributed by atoms with Crippen molar-refractivity contribution in [2.75, 3.05) is 6.26 Å². The lowest BCUT2D eigenvalue weighted by molar-refractivity contribution is 0.0978. The van der Waals surface area contributed by atoms with Crippen molar-refractivity contribution in [3.8, 4) is 16.9 Å². The fraction of sp³-hybridized carbons (Fsp3) is 0.200. The molecule has 0 aliphatic rings. The molecule has 1 heterocycles. The number of carbonyl (C=O) groups excluding carboxylic acids is 1. The van der Waals surface area contributed by atoms with Crippen molar-refractivity contribution >= 4 is 26.5 Å². The average molecular weight is 564 g/mol. The van der Waals surface area contributed by atoms with Gasteiger partial charge < -0.3 is 4.74 Å². The molecule has 0 bridgehead atoms. The molecule has 4 aromatic carbocycles. The Hall–Kier alpha value is -4.29. The fourth-order valence-electron chi connectivity index (χ4n) is 4.82. The van der Waals surface area contributed by atoms with Crippen LogP contribution in [0.4, 0.5) is 0 Å². The smallest absolute Gasteiger partial charge is 0.166 e. The van der Waals surface area contributed by atoms with Crippen LogP contribution in [0.2, 0.25) is 0 Å². The van der Waals surface area contributed by atoms with Gasteiger partial charge in [-0.05, 0) is 78.9 Å². The van der Waals surface area contributed by atoms with Gasteiger partial charge in [0.05, 0.1) is 15.8 Å². The fourth-order valence-corrected chi connectivity index (χ4v) is 5.37. The van der Waals surface area contributed by atoms with Crippen LogP contribution < -0.4 is 4.74 Å². The number of rotatable bonds is 10. The molecule has 6 heteroatoms. The maximum atomic E-state index is 13.1. The summed E-state index contributed by atoms with van der Waals surface area (Å²) in [5, 5.41) is 0.876. The monoisotopic (exact) mass is 563 g/mol. The molecule has 0 aliphatic carbocycles. The van der Waals surface area contributed by atoms with E-state index in [1.165, 1.54) is 6.26 Å². The third-order valence-corrected chi connectivity index (χ3v) is 9.72. The molecule has 0 unspecified atom stereocenters. The molecule has 0 saturated heterocycles. The minimum atomic E-state index is -3.37. The third kappa shape index (κ3) is 6.23. The van der Waals surface area contributed by atoms with E-state index >= 15 is 0 Å². The Balaban J connectivity index is 1.41. The van der Waals surface area contributed by atoms with Gasteiger partial charge >= 0.3 is 0 Å². The van der Waals surface area contributed by atoms with E-state index in [2.05, 4.69) is 4.98 Å². The predicted octanol–water partition coefficient (Wildman–Crippen LogP) is 7.58. The summed E-state index contributed by atoms with van der Waals surface area (Å²) >= 11 is 0. The molecule has 0 spiro atoms. The lowest BCUT2D eigenvalue weighted by Gasteiger charge is -2.24. The summed E-state index contributed by atoms with van der Waals surface area (Å²) in [6.07, 6.45) is 4.08. The standard InChI is InChI=1S/C35H33NO4S/c1-35(2,41(3,38)39)29-22-28-15-10-20-36-34(28)31(23-29)27-14-9-13-26(21-27)24-40-33-17-8-7-16-30(33)32(37)19-18-25-11-5-4-6-12-25/h4-17,20-23H,18-19,24H2,1-3H3. The maximum Gasteiger partial charge on any atom is 0.166 e. The van der Waals surface area contributed by atoms with Crippen molar-refractivity contribution in [1.82, 2.24) is 4.98 Å². The molecule has 41 heavy (non-hydrogen) atoms. The minimum absolute atomic E-state index is 0.0426. The SMILES string of the molecule is CC(C)(c1cc(-c2cccc(COc3ccccc3C(=O)CCc3ccccc3)c2)c2ncccc2c1)S(C)(=O)=O. The van der Waals surface area contributed by atoms with Gasteiger partial charge in [0.2, 0.25) is 0 Å². The van der Waals surface area contributed by atoms with Crippen LogP contribution >= 0.6 is 0 Å². The Morgan fingerprint density at radius 3 is 2.34 bits per heavy atom. The van der Waals surface area contributed by atoms with Gasteiger partial charge in [0.25, 0.3) is 0 Å². The van der Waals surface area contributed by atoms with E-state index in [9.17, 15) is 13.2 Å². The molecule has 0 atom stereocenters. The molecule has 5 nitrogen and oxygen atoms in total. The summed E-state index contributed by atoms with van der Waals surface area (Å²) in [7, 11) is -3.37. The number of pyridine rings is 1. The van der Waals surface area contributed by atoms with E-state index in [1.54, 1.807) is 20.0 Å². The number of hydrogen-bond donors (Lipinski definition) is 0. The van der Waals surface area contributed by atoms with Gasteiger partial charge in [-0.2, -0.15) is 0 Å². The van der Waals surface area contributed by atoms with Crippen molar-refractivity contribution in [3.63, 3.8) is 0 Å². The predicted molar refractivity (Wildman–Crippen MR) is 165 cm³/mol. The quantitative estimate of drug-likeness (QED) is 0.164. The van der Waals surface area contributed by atoms with Crippen LogP contribution in [0, 0.1) is 0 Å². The second-order valence-corrected chi connectivity index (χ2v) is 13.3. The molecule has 5 rings (SSSR count). The minimum Gasteiger partial charge on any atom is -0.488 e. The van der Waals surface area contributed by atoms with Gasteiger partial charge in [0, 0.05) is 29.8 Å². The highest BCUT2D eigenvalue weighted by molar-refractivity contribution is 7.91. The third-order valence-electron chi connectivity index (χ3n) is 7.63. The highest BCUT2D eigenvalue weighted by Gasteiger charge is 2.33. The van der Waals surface area contributed by atoms with Gasteiger partial charge in [-0.1, -0.05) is 66.7 Å². The molecule has 0 fully saturated rings. The number of carbonyl (C=O) groups is 1. The van der Waals surface area contributed by atoms with E-state index < -0.39 is 14.6 Å². The van der Waals surface area contributed by atoms with Crippen molar-refractivity contribution in [2.45, 2.75) is 38.0 Å². The Labute approximate surface area is 241 Å². The van der Waals surface area contributed by atoms with Gasteiger partial charge in [0.1, 0.15) is 12.4 Å². The van der Waals surface area contributed by atoms with Crippen LogP contribution in [-0.4, -0.2) is 25.4 Å². The maximum absolute atomic E-state index is 13.1. The van der Waals surface area contributed by atoms with E-state index in [0.29, 0.717) is 29.7 Å².